The third kappa shape index (κ3) is 65.1. The van der Waals surface area contributed by atoms with Crippen LogP contribution in [0.2, 0.25) is 0 Å². The molecule has 0 aromatic carbocycles. The maximum Gasteiger partial charge on any atom is 0.472 e. The minimum atomic E-state index is -4.47. The highest BCUT2D eigenvalue weighted by Gasteiger charge is 2.30. The second kappa shape index (κ2) is 64.6. The van der Waals surface area contributed by atoms with Gasteiger partial charge in [-0.25, -0.2) is 4.57 Å². The smallest absolute Gasteiger partial charge is 0.456 e. The number of phosphoric ester groups is 1. The lowest BCUT2D eigenvalue weighted by atomic mass is 10.0. The van der Waals surface area contributed by atoms with Crippen molar-refractivity contribution in [2.45, 2.75) is 322 Å². The van der Waals surface area contributed by atoms with E-state index in [0.29, 0.717) is 17.4 Å². The second-order valence-electron chi connectivity index (χ2n) is 25.0. The van der Waals surface area contributed by atoms with Gasteiger partial charge in [0.25, 0.3) is 0 Å². The number of carbonyl (C=O) groups is 2. The fourth-order valence-electron chi connectivity index (χ4n) is 9.98. The summed E-state index contributed by atoms with van der Waals surface area (Å²) < 4.78 is 30.8. The highest BCUT2D eigenvalue weighted by Crippen LogP contribution is 2.43. The molecule has 2 N–H and O–H groups in total. The van der Waals surface area contributed by atoms with Gasteiger partial charge in [0, 0.05) is 12.8 Å². The summed E-state index contributed by atoms with van der Waals surface area (Å²) in [5.41, 5.74) is 0. The predicted molar refractivity (Wildman–Crippen MR) is 373 cm³/mol. The first-order valence-electron chi connectivity index (χ1n) is 35.7. The Morgan fingerprint density at radius 2 is 0.744 bits per heavy atom. The highest BCUT2D eigenvalue weighted by molar-refractivity contribution is 7.47. The van der Waals surface area contributed by atoms with Crippen molar-refractivity contribution >= 4 is 19.7 Å². The zero-order chi connectivity index (χ0) is 62.8. The van der Waals surface area contributed by atoms with Gasteiger partial charge in [0.05, 0.1) is 33.8 Å². The molecule has 0 aliphatic heterocycles. The highest BCUT2D eigenvalue weighted by atomic mass is 31.2. The Morgan fingerprint density at radius 1 is 0.419 bits per heavy atom. The van der Waals surface area contributed by atoms with Crippen LogP contribution in [0.5, 0.6) is 0 Å². The molecular weight excluding hydrogens is 1080 g/mol. The van der Waals surface area contributed by atoms with Crippen LogP contribution in [-0.4, -0.2) is 74.3 Å². The SMILES string of the molecule is CC/C=C\C/C=C\C/C=C\C/C=C\C/C=C\C/C=C\CCCCCCCCC(=O)NC(COP(=O)(O)OCC[N+](C)(C)C)C(/C=C/CCCCCCCCCCCC)OC(=O)CCCCCCCCCCCCCCC/C=C\C/C=C\CCCCC. The summed E-state index contributed by atoms with van der Waals surface area (Å²) in [5.74, 6) is -0.521. The molecule has 0 aliphatic rings. The van der Waals surface area contributed by atoms with Crippen LogP contribution in [0.4, 0.5) is 0 Å². The number of rotatable bonds is 64. The minimum Gasteiger partial charge on any atom is -0.456 e. The molecule has 0 spiro atoms. The minimum absolute atomic E-state index is 0.0325. The lowest BCUT2D eigenvalue weighted by Gasteiger charge is -2.27. The number of amides is 1. The molecule has 0 heterocycles. The van der Waals surface area contributed by atoms with Crippen LogP contribution in [0.25, 0.3) is 0 Å². The van der Waals surface area contributed by atoms with Crippen LogP contribution < -0.4 is 5.32 Å². The topological polar surface area (TPSA) is 111 Å². The predicted octanol–water partition coefficient (Wildman–Crippen LogP) is 22.8. The van der Waals surface area contributed by atoms with Gasteiger partial charge in [-0.05, 0) is 115 Å². The van der Waals surface area contributed by atoms with Gasteiger partial charge in [0.15, 0.2) is 0 Å². The lowest BCUT2D eigenvalue weighted by Crippen LogP contribution is -2.47. The molecule has 0 bridgehead atoms. The van der Waals surface area contributed by atoms with Gasteiger partial charge < -0.3 is 19.4 Å². The standard InChI is InChI=1S/C76H135N2O7P/c1-7-10-13-16-19-22-25-28-30-32-34-36-38-39-41-42-44-46-48-50-53-56-59-62-65-68-75(79)77-73(72-84-86(81,82)83-71-70-78(4,5)6)74(67-64-61-58-55-52-27-24-21-18-15-12-9-3)85-76(80)69-66-63-60-57-54-51-49-47-45-43-40-37-35-33-31-29-26-23-20-17-14-11-8-2/h10,13,19-20,22-23,28-31,34,36,39,41,44,46,64,67,73-74H,7-9,11-12,14-18,21,24-27,32-33,35,37-38,40,42-43,45,47-63,65-66,68-72H2,1-6H3,(H-,77,79,81,82)/p+1/b13-10-,22-19-,23-20-,30-28-,31-29-,36-34-,41-39-,46-44-,67-64+. The Balaban J connectivity index is 5.11. The first-order valence-corrected chi connectivity index (χ1v) is 37.2. The fourth-order valence-corrected chi connectivity index (χ4v) is 10.7. The van der Waals surface area contributed by atoms with Crippen molar-refractivity contribution in [3.05, 3.63) is 109 Å². The van der Waals surface area contributed by atoms with Crippen molar-refractivity contribution in [3.8, 4) is 0 Å². The van der Waals surface area contributed by atoms with E-state index in [2.05, 4.69) is 123 Å². The van der Waals surface area contributed by atoms with E-state index in [0.717, 1.165) is 128 Å². The van der Waals surface area contributed by atoms with Crippen molar-refractivity contribution < 1.29 is 37.3 Å². The van der Waals surface area contributed by atoms with Gasteiger partial charge >= 0.3 is 13.8 Å². The number of quaternary nitrogens is 1. The quantitative estimate of drug-likeness (QED) is 0.0205. The van der Waals surface area contributed by atoms with Gasteiger partial charge in [-0.15, -0.1) is 0 Å². The molecule has 1 amide bonds. The van der Waals surface area contributed by atoms with Crippen LogP contribution in [0.1, 0.15) is 310 Å². The monoisotopic (exact) mass is 1220 g/mol. The summed E-state index contributed by atoms with van der Waals surface area (Å²) in [4.78, 5) is 37.9. The number of likely N-dealkylation sites (N-methyl/N-ethyl adjacent to an activating group) is 1. The number of phosphoric acid groups is 1. The molecule has 0 saturated carbocycles. The number of ether oxygens (including phenoxy) is 1. The normalized spacial score (nSPS) is 14.2. The number of nitrogens with zero attached hydrogens (tertiary/aromatic N) is 1. The Morgan fingerprint density at radius 3 is 1.14 bits per heavy atom. The largest absolute Gasteiger partial charge is 0.472 e. The van der Waals surface area contributed by atoms with E-state index in [1.807, 2.05) is 33.3 Å². The average molecular weight is 1220 g/mol. The molecule has 0 aromatic rings. The van der Waals surface area contributed by atoms with E-state index < -0.39 is 20.0 Å². The second-order valence-corrected chi connectivity index (χ2v) is 26.5. The maximum atomic E-state index is 13.6. The Kier molecular flexibility index (Phi) is 62.1. The van der Waals surface area contributed by atoms with Crippen molar-refractivity contribution in [2.24, 2.45) is 0 Å². The van der Waals surface area contributed by atoms with Gasteiger partial charge in [-0.3, -0.25) is 18.6 Å². The molecule has 496 valence electrons. The Hall–Kier alpha value is -3.33. The van der Waals surface area contributed by atoms with E-state index in [9.17, 15) is 19.0 Å². The zero-order valence-corrected chi connectivity index (χ0v) is 57.7. The molecule has 0 aliphatic carbocycles. The van der Waals surface area contributed by atoms with E-state index in [4.69, 9.17) is 13.8 Å². The zero-order valence-electron chi connectivity index (χ0n) is 56.8. The van der Waals surface area contributed by atoms with Crippen LogP contribution >= 0.6 is 7.82 Å². The Bertz CT molecular complexity index is 1840. The van der Waals surface area contributed by atoms with E-state index in [-0.39, 0.29) is 31.5 Å². The number of hydrogen-bond acceptors (Lipinski definition) is 6. The number of nitrogens with one attached hydrogen (secondary N) is 1. The summed E-state index contributed by atoms with van der Waals surface area (Å²) in [6.45, 7) is 6.88. The lowest BCUT2D eigenvalue weighted by molar-refractivity contribution is -0.870. The van der Waals surface area contributed by atoms with Gasteiger partial charge in [0.2, 0.25) is 5.91 Å². The third-order valence-electron chi connectivity index (χ3n) is 15.4. The molecule has 0 aromatic heterocycles. The maximum absolute atomic E-state index is 13.6. The van der Waals surface area contributed by atoms with E-state index in [1.165, 1.54) is 148 Å². The number of allylic oxidation sites excluding steroid dienone is 17. The van der Waals surface area contributed by atoms with Crippen LogP contribution in [-0.2, 0) is 27.9 Å². The summed E-state index contributed by atoms with van der Waals surface area (Å²) in [7, 11) is 1.48. The molecule has 0 rings (SSSR count). The molecule has 0 radical (unpaired) electrons. The van der Waals surface area contributed by atoms with Crippen LogP contribution in [0.3, 0.4) is 0 Å². The number of carbonyl (C=O) groups excluding carboxylic acids is 2. The fraction of sp³-hybridized carbons (Fsp3) is 0.737. The number of esters is 1. The number of hydrogen-bond donors (Lipinski definition) is 2. The van der Waals surface area contributed by atoms with Gasteiger partial charge in [-0.1, -0.05) is 291 Å². The Labute approximate surface area is 531 Å². The first-order chi connectivity index (χ1) is 41.9. The molecule has 10 heteroatoms. The molecule has 3 atom stereocenters. The van der Waals surface area contributed by atoms with E-state index in [1.54, 1.807) is 0 Å². The van der Waals surface area contributed by atoms with Gasteiger partial charge in [-0.2, -0.15) is 0 Å². The molecular formula is C76H136N2O7P+. The number of unbranched alkanes of at least 4 members (excludes halogenated alkanes) is 32. The average Bonchev–Trinajstić information content (AvgIpc) is 3.69. The molecule has 3 unspecified atom stereocenters. The summed E-state index contributed by atoms with van der Waals surface area (Å²) in [5, 5.41) is 3.06. The molecule has 86 heavy (non-hydrogen) atoms. The van der Waals surface area contributed by atoms with Crippen molar-refractivity contribution in [3.63, 3.8) is 0 Å². The van der Waals surface area contributed by atoms with Crippen LogP contribution in [0, 0.1) is 0 Å². The molecule has 0 saturated heterocycles. The van der Waals surface area contributed by atoms with Crippen molar-refractivity contribution in [2.75, 3.05) is 40.9 Å². The van der Waals surface area contributed by atoms with Gasteiger partial charge in [0.1, 0.15) is 19.3 Å². The van der Waals surface area contributed by atoms with Crippen molar-refractivity contribution in [1.29, 1.82) is 0 Å². The van der Waals surface area contributed by atoms with E-state index >= 15 is 0 Å². The van der Waals surface area contributed by atoms with Crippen molar-refractivity contribution in [1.82, 2.24) is 5.32 Å². The first kappa shape index (κ1) is 82.7. The third-order valence-corrected chi connectivity index (χ3v) is 16.4. The van der Waals surface area contributed by atoms with Crippen LogP contribution in [0.15, 0.2) is 109 Å². The summed E-state index contributed by atoms with van der Waals surface area (Å²) in [6.07, 6.45) is 89.5. The summed E-state index contributed by atoms with van der Waals surface area (Å²) in [6, 6.07) is -0.864. The molecule has 0 fully saturated rings. The molecule has 9 nitrogen and oxygen atoms in total. The summed E-state index contributed by atoms with van der Waals surface area (Å²) >= 11 is 0.